The molecule has 0 aromatic heterocycles. The molecule has 0 aromatic rings. The highest BCUT2D eigenvalue weighted by Crippen LogP contribution is 2.28. The summed E-state index contributed by atoms with van der Waals surface area (Å²) in [6, 6.07) is 0. The largest absolute Gasteiger partial charge is 0.294 e. The normalized spacial score (nSPS) is 17.9. The molecule has 104 valence electrons. The summed E-state index contributed by atoms with van der Waals surface area (Å²) in [4.78, 5) is 25.1. The van der Waals surface area contributed by atoms with Gasteiger partial charge in [-0.15, -0.1) is 0 Å². The average Bonchev–Trinajstić information content (AvgIpc) is 2.32. The monoisotopic (exact) mass is 254 g/mol. The third-order valence-corrected chi connectivity index (χ3v) is 3.85. The summed E-state index contributed by atoms with van der Waals surface area (Å²) in [5.74, 6) is -0.323. The van der Waals surface area contributed by atoms with E-state index in [1.54, 1.807) is 0 Å². The van der Waals surface area contributed by atoms with Crippen LogP contribution in [0.15, 0.2) is 0 Å². The lowest BCUT2D eigenvalue weighted by Crippen LogP contribution is -2.59. The summed E-state index contributed by atoms with van der Waals surface area (Å²) in [5, 5.41) is 2.37. The molecule has 0 bridgehead atoms. The van der Waals surface area contributed by atoms with Gasteiger partial charge in [0, 0.05) is 5.54 Å². The van der Waals surface area contributed by atoms with E-state index >= 15 is 0 Å². The first-order valence-corrected chi connectivity index (χ1v) is 7.09. The lowest BCUT2D eigenvalue weighted by atomic mass is 9.86. The number of unbranched alkanes of at least 4 members (excludes halogenated alkanes) is 2. The van der Waals surface area contributed by atoms with Crippen molar-refractivity contribution in [1.82, 2.24) is 10.2 Å². The van der Waals surface area contributed by atoms with Gasteiger partial charge in [0.05, 0.1) is 13.1 Å². The molecule has 0 spiro atoms. The third kappa shape index (κ3) is 4.09. The number of hydrogen-bond acceptors (Lipinski definition) is 3. The lowest BCUT2D eigenvalue weighted by Gasteiger charge is -2.42. The van der Waals surface area contributed by atoms with Gasteiger partial charge in [-0.05, 0) is 19.8 Å². The number of carbonyl (C=O) groups is 2. The van der Waals surface area contributed by atoms with Crippen LogP contribution in [0.4, 0.5) is 0 Å². The van der Waals surface area contributed by atoms with Crippen LogP contribution in [0.3, 0.4) is 0 Å². The van der Waals surface area contributed by atoms with E-state index in [1.807, 2.05) is 0 Å². The minimum atomic E-state index is -0.162. The van der Waals surface area contributed by atoms with Crippen LogP contribution in [0.25, 0.3) is 0 Å². The van der Waals surface area contributed by atoms with Crippen molar-refractivity contribution >= 4 is 11.8 Å². The first kappa shape index (κ1) is 15.2. The van der Waals surface area contributed by atoms with E-state index in [9.17, 15) is 9.59 Å². The van der Waals surface area contributed by atoms with E-state index in [-0.39, 0.29) is 17.4 Å². The van der Waals surface area contributed by atoms with Crippen LogP contribution < -0.4 is 5.32 Å². The molecular formula is C14H26N2O2. The van der Waals surface area contributed by atoms with Crippen LogP contribution in [0, 0.1) is 0 Å². The van der Waals surface area contributed by atoms with E-state index in [4.69, 9.17) is 0 Å². The molecule has 1 saturated heterocycles. The standard InChI is InChI=1S/C14H26N2O2/c1-4-6-8-14(3,9-7-5-2)16-10-12(17)15-13(18)11-16/h4-11H2,1-3H3,(H,15,17,18). The zero-order chi connectivity index (χ0) is 13.6. The van der Waals surface area contributed by atoms with Crippen molar-refractivity contribution in [2.45, 2.75) is 64.8 Å². The highest BCUT2D eigenvalue weighted by molar-refractivity contribution is 5.99. The Morgan fingerprint density at radius 1 is 1.06 bits per heavy atom. The lowest BCUT2D eigenvalue weighted by molar-refractivity contribution is -0.139. The summed E-state index contributed by atoms with van der Waals surface area (Å²) in [5.41, 5.74) is -0.0144. The molecule has 0 atom stereocenters. The molecule has 0 saturated carbocycles. The highest BCUT2D eigenvalue weighted by Gasteiger charge is 2.36. The Balaban J connectivity index is 2.73. The summed E-state index contributed by atoms with van der Waals surface area (Å²) in [7, 11) is 0. The fraction of sp³-hybridized carbons (Fsp3) is 0.857. The second kappa shape index (κ2) is 6.88. The van der Waals surface area contributed by atoms with Crippen molar-refractivity contribution in [3.63, 3.8) is 0 Å². The maximum atomic E-state index is 11.5. The number of nitrogens with one attached hydrogen (secondary N) is 1. The molecule has 1 fully saturated rings. The highest BCUT2D eigenvalue weighted by atomic mass is 16.2. The van der Waals surface area contributed by atoms with Crippen molar-refractivity contribution in [2.24, 2.45) is 0 Å². The number of imide groups is 1. The average molecular weight is 254 g/mol. The molecule has 1 N–H and O–H groups in total. The Bertz CT molecular complexity index is 278. The molecule has 0 unspecified atom stereocenters. The molecule has 2 amide bonds. The van der Waals surface area contributed by atoms with Gasteiger partial charge < -0.3 is 0 Å². The van der Waals surface area contributed by atoms with Crippen molar-refractivity contribution in [3.8, 4) is 0 Å². The zero-order valence-corrected chi connectivity index (χ0v) is 11.9. The van der Waals surface area contributed by atoms with Gasteiger partial charge in [-0.25, -0.2) is 0 Å². The Hall–Kier alpha value is -0.900. The Labute approximate surface area is 110 Å². The second-order valence-electron chi connectivity index (χ2n) is 5.53. The van der Waals surface area contributed by atoms with Crippen LogP contribution in [-0.2, 0) is 9.59 Å². The molecule has 18 heavy (non-hydrogen) atoms. The molecule has 4 heteroatoms. The number of piperazine rings is 1. The number of nitrogens with zero attached hydrogens (tertiary/aromatic N) is 1. The third-order valence-electron chi connectivity index (χ3n) is 3.85. The zero-order valence-electron chi connectivity index (χ0n) is 11.9. The van der Waals surface area contributed by atoms with E-state index in [2.05, 4.69) is 31.0 Å². The minimum Gasteiger partial charge on any atom is -0.294 e. The van der Waals surface area contributed by atoms with Crippen LogP contribution in [0.5, 0.6) is 0 Å². The number of rotatable bonds is 7. The maximum Gasteiger partial charge on any atom is 0.240 e. The predicted molar refractivity (Wildman–Crippen MR) is 72.2 cm³/mol. The van der Waals surface area contributed by atoms with Gasteiger partial charge in [0.25, 0.3) is 0 Å². The van der Waals surface area contributed by atoms with Gasteiger partial charge >= 0.3 is 0 Å². The minimum absolute atomic E-state index is 0.0144. The summed E-state index contributed by atoms with van der Waals surface area (Å²) in [6.45, 7) is 7.26. The molecule has 0 aliphatic carbocycles. The Morgan fingerprint density at radius 3 is 1.89 bits per heavy atom. The summed E-state index contributed by atoms with van der Waals surface area (Å²) in [6.07, 6.45) is 6.71. The fourth-order valence-electron chi connectivity index (χ4n) is 2.58. The van der Waals surface area contributed by atoms with Crippen molar-refractivity contribution in [3.05, 3.63) is 0 Å². The van der Waals surface area contributed by atoms with Crippen LogP contribution >= 0.6 is 0 Å². The molecule has 1 aliphatic rings. The van der Waals surface area contributed by atoms with Crippen molar-refractivity contribution < 1.29 is 9.59 Å². The molecular weight excluding hydrogens is 228 g/mol. The van der Waals surface area contributed by atoms with Crippen molar-refractivity contribution in [1.29, 1.82) is 0 Å². The first-order valence-electron chi connectivity index (χ1n) is 7.09. The molecule has 4 nitrogen and oxygen atoms in total. The van der Waals surface area contributed by atoms with E-state index in [1.165, 1.54) is 0 Å². The van der Waals surface area contributed by atoms with Gasteiger partial charge in [0.1, 0.15) is 0 Å². The molecule has 1 heterocycles. The van der Waals surface area contributed by atoms with E-state index in [0.29, 0.717) is 13.1 Å². The number of amides is 2. The number of hydrogen-bond donors (Lipinski definition) is 1. The van der Waals surface area contributed by atoms with Crippen LogP contribution in [0.2, 0.25) is 0 Å². The molecule has 0 radical (unpaired) electrons. The first-order chi connectivity index (χ1) is 8.51. The summed E-state index contributed by atoms with van der Waals surface area (Å²) < 4.78 is 0. The van der Waals surface area contributed by atoms with E-state index < -0.39 is 0 Å². The predicted octanol–water partition coefficient (Wildman–Crippen LogP) is 2.08. The molecule has 0 aromatic carbocycles. The van der Waals surface area contributed by atoms with Gasteiger partial charge in [-0.2, -0.15) is 0 Å². The maximum absolute atomic E-state index is 11.5. The van der Waals surface area contributed by atoms with Crippen LogP contribution in [0.1, 0.15) is 59.3 Å². The quantitative estimate of drug-likeness (QED) is 0.708. The van der Waals surface area contributed by atoms with Gasteiger partial charge in [0.2, 0.25) is 11.8 Å². The second-order valence-corrected chi connectivity index (χ2v) is 5.53. The van der Waals surface area contributed by atoms with Crippen molar-refractivity contribution in [2.75, 3.05) is 13.1 Å². The van der Waals surface area contributed by atoms with Gasteiger partial charge in [-0.1, -0.05) is 39.5 Å². The number of carbonyl (C=O) groups excluding carboxylic acids is 2. The Morgan fingerprint density at radius 2 is 1.50 bits per heavy atom. The Kier molecular flexibility index (Phi) is 5.79. The van der Waals surface area contributed by atoms with Crippen LogP contribution in [-0.4, -0.2) is 35.3 Å². The van der Waals surface area contributed by atoms with E-state index in [0.717, 1.165) is 38.5 Å². The molecule has 1 aliphatic heterocycles. The smallest absolute Gasteiger partial charge is 0.240 e. The van der Waals surface area contributed by atoms with Gasteiger partial charge in [-0.3, -0.25) is 19.8 Å². The van der Waals surface area contributed by atoms with Gasteiger partial charge in [0.15, 0.2) is 0 Å². The molecule has 1 rings (SSSR count). The topological polar surface area (TPSA) is 49.4 Å². The SMILES string of the molecule is CCCCC(C)(CCCC)N1CC(=O)NC(=O)C1. The fourth-order valence-corrected chi connectivity index (χ4v) is 2.58. The summed E-state index contributed by atoms with van der Waals surface area (Å²) >= 11 is 0.